The predicted molar refractivity (Wildman–Crippen MR) is 120 cm³/mol. The van der Waals surface area contributed by atoms with Crippen LogP contribution < -0.4 is 15.8 Å². The molecule has 0 spiro atoms. The van der Waals surface area contributed by atoms with Gasteiger partial charge in [-0.25, -0.2) is 9.37 Å². The smallest absolute Gasteiger partial charge is 0.291 e. The highest BCUT2D eigenvalue weighted by atomic mass is 35.5. The van der Waals surface area contributed by atoms with Crippen LogP contribution in [0.25, 0.3) is 11.1 Å². The Morgan fingerprint density at radius 1 is 1.36 bits per heavy atom. The minimum absolute atomic E-state index is 0.105. The number of nitrogens with zero attached hydrogens (tertiary/aromatic N) is 3. The average Bonchev–Trinajstić information content (AvgIpc) is 3.23. The normalized spacial score (nSPS) is 18.8. The standard InChI is InChI=1S/C21H22Cl2FN5O4/c1-11(18-15(22)2-3-16(24)19(18)23)33-17-4-12(5-26-20(17)25)13-6-28-29(7-13)8-14-9-32-21(30,31)10-27-14/h2-7,11,14,27,30-31H,8-10H2,1H3,(H2,25,26). The van der Waals surface area contributed by atoms with Crippen molar-refractivity contribution in [3.05, 3.63) is 58.2 Å². The van der Waals surface area contributed by atoms with Gasteiger partial charge in [0.1, 0.15) is 11.9 Å². The van der Waals surface area contributed by atoms with Gasteiger partial charge >= 0.3 is 0 Å². The molecule has 0 amide bonds. The van der Waals surface area contributed by atoms with E-state index >= 15 is 0 Å². The molecular formula is C21H22Cl2FN5O4. The zero-order chi connectivity index (χ0) is 23.8. The summed E-state index contributed by atoms with van der Waals surface area (Å²) in [4.78, 5) is 4.19. The fourth-order valence-electron chi connectivity index (χ4n) is 3.45. The maximum atomic E-state index is 13.9. The number of anilines is 1. The average molecular weight is 498 g/mol. The molecule has 0 saturated carbocycles. The number of nitrogens with two attached hydrogens (primary N) is 1. The summed E-state index contributed by atoms with van der Waals surface area (Å²) in [5.41, 5.74) is 7.77. The molecular weight excluding hydrogens is 476 g/mol. The molecule has 1 aliphatic rings. The largest absolute Gasteiger partial charge is 0.482 e. The summed E-state index contributed by atoms with van der Waals surface area (Å²) in [5.74, 6) is -2.31. The van der Waals surface area contributed by atoms with E-state index in [2.05, 4.69) is 15.4 Å². The van der Waals surface area contributed by atoms with Gasteiger partial charge in [0.15, 0.2) is 11.6 Å². The van der Waals surface area contributed by atoms with Gasteiger partial charge in [-0.3, -0.25) is 4.68 Å². The van der Waals surface area contributed by atoms with Gasteiger partial charge in [0.25, 0.3) is 5.97 Å². The molecule has 3 heterocycles. The van der Waals surface area contributed by atoms with Gasteiger partial charge in [0, 0.05) is 34.1 Å². The maximum Gasteiger partial charge on any atom is 0.291 e. The summed E-state index contributed by atoms with van der Waals surface area (Å²) in [5, 5.41) is 26.3. The Morgan fingerprint density at radius 2 is 2.15 bits per heavy atom. The van der Waals surface area contributed by atoms with E-state index in [-0.39, 0.29) is 40.8 Å². The number of morpholine rings is 1. The van der Waals surface area contributed by atoms with Gasteiger partial charge in [-0.05, 0) is 25.1 Å². The van der Waals surface area contributed by atoms with Crippen LogP contribution in [0.2, 0.25) is 10.0 Å². The van der Waals surface area contributed by atoms with Gasteiger partial charge in [-0.2, -0.15) is 5.10 Å². The van der Waals surface area contributed by atoms with Gasteiger partial charge < -0.3 is 30.7 Å². The summed E-state index contributed by atoms with van der Waals surface area (Å²) < 4.78 is 26.5. The lowest BCUT2D eigenvalue weighted by Gasteiger charge is -2.32. The minimum atomic E-state index is -2.16. The lowest BCUT2D eigenvalue weighted by Crippen LogP contribution is -2.55. The van der Waals surface area contributed by atoms with E-state index in [0.717, 1.165) is 5.56 Å². The highest BCUT2D eigenvalue weighted by Gasteiger charge is 2.31. The molecule has 12 heteroatoms. The number of ether oxygens (including phenoxy) is 2. The first-order chi connectivity index (χ1) is 15.6. The van der Waals surface area contributed by atoms with Crippen molar-refractivity contribution in [3.63, 3.8) is 0 Å². The molecule has 2 unspecified atom stereocenters. The molecule has 9 nitrogen and oxygen atoms in total. The van der Waals surface area contributed by atoms with Crippen LogP contribution in [0.3, 0.4) is 0 Å². The van der Waals surface area contributed by atoms with Crippen molar-refractivity contribution in [3.8, 4) is 16.9 Å². The fourth-order valence-corrected chi connectivity index (χ4v) is 4.13. The van der Waals surface area contributed by atoms with E-state index in [4.69, 9.17) is 38.4 Å². The van der Waals surface area contributed by atoms with Crippen LogP contribution in [0.15, 0.2) is 36.8 Å². The number of pyridine rings is 1. The molecule has 2 atom stereocenters. The molecule has 0 bridgehead atoms. The summed E-state index contributed by atoms with van der Waals surface area (Å²) in [7, 11) is 0. The van der Waals surface area contributed by atoms with E-state index in [9.17, 15) is 14.6 Å². The van der Waals surface area contributed by atoms with Crippen molar-refractivity contribution in [2.45, 2.75) is 31.6 Å². The van der Waals surface area contributed by atoms with Crippen molar-refractivity contribution >= 4 is 29.0 Å². The zero-order valence-electron chi connectivity index (χ0n) is 17.5. The highest BCUT2D eigenvalue weighted by molar-refractivity contribution is 6.36. The molecule has 5 N–H and O–H groups in total. The number of nitrogens with one attached hydrogen (secondary N) is 1. The number of hydrogen-bond donors (Lipinski definition) is 4. The van der Waals surface area contributed by atoms with Crippen molar-refractivity contribution < 1.29 is 24.1 Å². The number of benzene rings is 1. The minimum Gasteiger partial charge on any atom is -0.482 e. The highest BCUT2D eigenvalue weighted by Crippen LogP contribution is 2.36. The zero-order valence-corrected chi connectivity index (χ0v) is 19.0. The summed E-state index contributed by atoms with van der Waals surface area (Å²) in [6.07, 6.45) is 4.37. The van der Waals surface area contributed by atoms with Gasteiger partial charge in [-0.1, -0.05) is 23.2 Å². The predicted octanol–water partition coefficient (Wildman–Crippen LogP) is 2.74. The Morgan fingerprint density at radius 3 is 2.88 bits per heavy atom. The number of aromatic nitrogens is 3. The molecule has 0 radical (unpaired) electrons. The summed E-state index contributed by atoms with van der Waals surface area (Å²) in [6.45, 7) is 2.15. The Kier molecular flexibility index (Phi) is 6.76. The van der Waals surface area contributed by atoms with E-state index in [1.54, 1.807) is 30.1 Å². The van der Waals surface area contributed by atoms with Crippen molar-refractivity contribution in [2.75, 3.05) is 18.9 Å². The second-order valence-electron chi connectivity index (χ2n) is 7.71. The molecule has 1 saturated heterocycles. The number of nitrogen functional groups attached to an aromatic ring is 1. The van der Waals surface area contributed by atoms with Gasteiger partial charge in [-0.15, -0.1) is 0 Å². The first-order valence-corrected chi connectivity index (χ1v) is 10.8. The maximum absolute atomic E-state index is 13.9. The van der Waals surface area contributed by atoms with Gasteiger partial charge in [0.2, 0.25) is 0 Å². The van der Waals surface area contributed by atoms with Crippen LogP contribution in [0.1, 0.15) is 18.6 Å². The summed E-state index contributed by atoms with van der Waals surface area (Å²) >= 11 is 12.3. The first-order valence-electron chi connectivity index (χ1n) is 10.0. The molecule has 0 aliphatic carbocycles. The van der Waals surface area contributed by atoms with Crippen LogP contribution in [0, 0.1) is 5.82 Å². The molecule has 2 aromatic heterocycles. The first kappa shape index (κ1) is 23.7. The van der Waals surface area contributed by atoms with E-state index in [1.807, 2.05) is 6.20 Å². The lowest BCUT2D eigenvalue weighted by molar-refractivity contribution is -0.348. The third kappa shape index (κ3) is 5.37. The molecule has 1 aliphatic heterocycles. The number of aliphatic hydroxyl groups is 2. The van der Waals surface area contributed by atoms with E-state index < -0.39 is 17.9 Å². The van der Waals surface area contributed by atoms with Crippen molar-refractivity contribution in [1.29, 1.82) is 0 Å². The molecule has 1 aromatic carbocycles. The molecule has 3 aromatic rings. The van der Waals surface area contributed by atoms with Gasteiger partial charge in [0.05, 0.1) is 37.0 Å². The van der Waals surface area contributed by atoms with Crippen LogP contribution in [-0.4, -0.2) is 50.1 Å². The van der Waals surface area contributed by atoms with E-state index in [1.165, 1.54) is 12.1 Å². The van der Waals surface area contributed by atoms with Crippen LogP contribution in [0.4, 0.5) is 10.2 Å². The third-order valence-electron chi connectivity index (χ3n) is 5.18. The lowest BCUT2D eigenvalue weighted by atomic mass is 10.1. The topological polar surface area (TPSA) is 128 Å². The van der Waals surface area contributed by atoms with Crippen LogP contribution in [-0.2, 0) is 11.3 Å². The molecule has 1 fully saturated rings. The van der Waals surface area contributed by atoms with Crippen molar-refractivity contribution in [2.24, 2.45) is 0 Å². The Hall–Kier alpha value is -2.47. The van der Waals surface area contributed by atoms with Crippen molar-refractivity contribution in [1.82, 2.24) is 20.1 Å². The quantitative estimate of drug-likeness (QED) is 0.302. The van der Waals surface area contributed by atoms with Crippen LogP contribution >= 0.6 is 23.2 Å². The molecule has 4 rings (SSSR count). The Labute approximate surface area is 198 Å². The number of rotatable bonds is 6. The molecule has 33 heavy (non-hydrogen) atoms. The number of halogens is 3. The number of hydrogen-bond acceptors (Lipinski definition) is 8. The Balaban J connectivity index is 1.50. The summed E-state index contributed by atoms with van der Waals surface area (Å²) in [6, 6.07) is 4.16. The van der Waals surface area contributed by atoms with Crippen LogP contribution in [0.5, 0.6) is 5.75 Å². The Bertz CT molecular complexity index is 1150. The number of β-amino-alcohol motifs (C(OH)–C–C–N with tert-alkyl or cyclic N) is 2. The fraction of sp³-hybridized carbons (Fsp3) is 0.333. The van der Waals surface area contributed by atoms with E-state index in [0.29, 0.717) is 17.7 Å². The second kappa shape index (κ2) is 9.41. The molecule has 176 valence electrons. The third-order valence-corrected chi connectivity index (χ3v) is 5.90. The SMILES string of the molecule is CC(Oc1cc(-c2cnn(CC3COC(O)(O)CN3)c2)cnc1N)c1c(Cl)ccc(F)c1Cl. The second-order valence-corrected chi connectivity index (χ2v) is 8.49. The monoisotopic (exact) mass is 497 g/mol.